The molecule has 19 heavy (non-hydrogen) atoms. The van der Waals surface area contributed by atoms with E-state index in [0.717, 1.165) is 0 Å². The molecular formula is C11H9Cl2FN4O. The lowest BCUT2D eigenvalue weighted by Gasteiger charge is -2.08. The molecule has 0 bridgehead atoms. The summed E-state index contributed by atoms with van der Waals surface area (Å²) in [5, 5.41) is 3.00. The Kier molecular flexibility index (Phi) is 4.34. The number of hydrogen-bond acceptors (Lipinski definition) is 5. The van der Waals surface area contributed by atoms with Crippen molar-refractivity contribution in [1.82, 2.24) is 15.0 Å². The highest BCUT2D eigenvalue weighted by Crippen LogP contribution is 2.23. The molecule has 1 aromatic heterocycles. The number of rotatable bonds is 4. The van der Waals surface area contributed by atoms with E-state index < -0.39 is 5.82 Å². The number of ether oxygens (including phenoxy) is 1. The molecule has 0 saturated carbocycles. The van der Waals surface area contributed by atoms with Crippen molar-refractivity contribution in [2.45, 2.75) is 6.92 Å². The second-order valence-electron chi connectivity index (χ2n) is 3.39. The summed E-state index contributed by atoms with van der Waals surface area (Å²) < 4.78 is 18.7. The molecule has 0 radical (unpaired) electrons. The first-order chi connectivity index (χ1) is 9.08. The SMILES string of the molecule is CCOc1nc(Cl)nc(Nc2cc(Cl)ccc2F)n1. The fourth-order valence-electron chi connectivity index (χ4n) is 1.30. The molecule has 0 aliphatic rings. The van der Waals surface area contributed by atoms with Gasteiger partial charge in [0.05, 0.1) is 12.3 Å². The standard InChI is InChI=1S/C11H9Cl2FN4O/c1-2-19-11-17-9(13)16-10(18-11)15-8-5-6(12)3-4-7(8)14/h3-5H,2H2,1H3,(H,15,16,17,18). The van der Waals surface area contributed by atoms with E-state index in [0.29, 0.717) is 11.6 Å². The highest BCUT2D eigenvalue weighted by atomic mass is 35.5. The van der Waals surface area contributed by atoms with E-state index in [4.69, 9.17) is 27.9 Å². The van der Waals surface area contributed by atoms with Crippen LogP contribution in [0.1, 0.15) is 6.92 Å². The third-order valence-electron chi connectivity index (χ3n) is 2.04. The second-order valence-corrected chi connectivity index (χ2v) is 4.17. The van der Waals surface area contributed by atoms with Gasteiger partial charge in [-0.25, -0.2) is 4.39 Å². The van der Waals surface area contributed by atoms with Gasteiger partial charge in [0, 0.05) is 5.02 Å². The number of anilines is 2. The first-order valence-corrected chi connectivity index (χ1v) is 6.10. The summed E-state index contributed by atoms with van der Waals surface area (Å²) in [6.45, 7) is 2.16. The number of nitrogens with one attached hydrogen (secondary N) is 1. The molecule has 0 fully saturated rings. The van der Waals surface area contributed by atoms with E-state index in [2.05, 4.69) is 20.3 Å². The molecule has 2 aromatic rings. The maximum atomic E-state index is 13.5. The average Bonchev–Trinajstić information content (AvgIpc) is 2.33. The van der Waals surface area contributed by atoms with Crippen LogP contribution < -0.4 is 10.1 Å². The largest absolute Gasteiger partial charge is 0.464 e. The van der Waals surface area contributed by atoms with Crippen LogP contribution in [-0.4, -0.2) is 21.6 Å². The highest BCUT2D eigenvalue weighted by molar-refractivity contribution is 6.30. The Morgan fingerprint density at radius 1 is 1.26 bits per heavy atom. The fraction of sp³-hybridized carbons (Fsp3) is 0.182. The molecule has 0 amide bonds. The molecule has 0 aliphatic heterocycles. The van der Waals surface area contributed by atoms with E-state index in [1.807, 2.05) is 0 Å². The van der Waals surface area contributed by atoms with Crippen molar-refractivity contribution in [1.29, 1.82) is 0 Å². The highest BCUT2D eigenvalue weighted by Gasteiger charge is 2.09. The Balaban J connectivity index is 2.29. The minimum absolute atomic E-state index is 0.0524. The summed E-state index contributed by atoms with van der Waals surface area (Å²) in [6.07, 6.45) is 0. The van der Waals surface area contributed by atoms with Crippen LogP contribution in [0.2, 0.25) is 10.3 Å². The van der Waals surface area contributed by atoms with Crippen molar-refractivity contribution < 1.29 is 9.13 Å². The van der Waals surface area contributed by atoms with Crippen molar-refractivity contribution >= 4 is 34.8 Å². The van der Waals surface area contributed by atoms with Crippen LogP contribution in [0.3, 0.4) is 0 Å². The van der Waals surface area contributed by atoms with Gasteiger partial charge in [-0.2, -0.15) is 15.0 Å². The third kappa shape index (κ3) is 3.65. The number of benzene rings is 1. The van der Waals surface area contributed by atoms with Crippen LogP contribution in [-0.2, 0) is 0 Å². The summed E-state index contributed by atoms with van der Waals surface area (Å²) in [4.78, 5) is 11.5. The topological polar surface area (TPSA) is 59.9 Å². The molecule has 0 atom stereocenters. The minimum Gasteiger partial charge on any atom is -0.464 e. The molecule has 1 aromatic carbocycles. The second kappa shape index (κ2) is 5.99. The Bertz CT molecular complexity index is 597. The van der Waals surface area contributed by atoms with Crippen LogP contribution in [0.25, 0.3) is 0 Å². The summed E-state index contributed by atoms with van der Waals surface area (Å²) in [6, 6.07) is 4.15. The van der Waals surface area contributed by atoms with Gasteiger partial charge in [-0.15, -0.1) is 0 Å². The Morgan fingerprint density at radius 3 is 2.79 bits per heavy atom. The molecule has 8 heteroatoms. The summed E-state index contributed by atoms with van der Waals surface area (Å²) >= 11 is 11.5. The predicted octanol–water partition coefficient (Wildman–Crippen LogP) is 3.46. The molecule has 0 unspecified atom stereocenters. The van der Waals surface area contributed by atoms with Crippen LogP contribution in [0, 0.1) is 5.82 Å². The smallest absolute Gasteiger partial charge is 0.322 e. The van der Waals surface area contributed by atoms with Crippen molar-refractivity contribution in [2.75, 3.05) is 11.9 Å². The predicted molar refractivity (Wildman–Crippen MR) is 70.7 cm³/mol. The van der Waals surface area contributed by atoms with E-state index in [1.54, 1.807) is 6.92 Å². The maximum absolute atomic E-state index is 13.5. The van der Waals surface area contributed by atoms with Gasteiger partial charge in [0.2, 0.25) is 11.2 Å². The van der Waals surface area contributed by atoms with Gasteiger partial charge < -0.3 is 10.1 Å². The summed E-state index contributed by atoms with van der Waals surface area (Å²) in [7, 11) is 0. The van der Waals surface area contributed by atoms with E-state index in [9.17, 15) is 4.39 Å². The van der Waals surface area contributed by atoms with Crippen molar-refractivity contribution in [3.8, 4) is 6.01 Å². The van der Waals surface area contributed by atoms with Crippen LogP contribution >= 0.6 is 23.2 Å². The monoisotopic (exact) mass is 302 g/mol. The molecule has 1 N–H and O–H groups in total. The summed E-state index contributed by atoms with van der Waals surface area (Å²) in [5.74, 6) is -0.413. The Labute approximate surface area is 118 Å². The van der Waals surface area contributed by atoms with Gasteiger partial charge in [-0.05, 0) is 36.7 Å². The molecule has 100 valence electrons. The third-order valence-corrected chi connectivity index (χ3v) is 2.44. The van der Waals surface area contributed by atoms with E-state index >= 15 is 0 Å². The first kappa shape index (κ1) is 13.8. The molecule has 5 nitrogen and oxygen atoms in total. The average molecular weight is 303 g/mol. The van der Waals surface area contributed by atoms with Gasteiger partial charge in [0.25, 0.3) is 0 Å². The Hall–Kier alpha value is -1.66. The minimum atomic E-state index is -0.487. The molecule has 0 spiro atoms. The van der Waals surface area contributed by atoms with E-state index in [-0.39, 0.29) is 22.9 Å². The van der Waals surface area contributed by atoms with Gasteiger partial charge in [0.1, 0.15) is 5.82 Å². The van der Waals surface area contributed by atoms with Crippen LogP contribution in [0.5, 0.6) is 6.01 Å². The van der Waals surface area contributed by atoms with Crippen molar-refractivity contribution in [3.63, 3.8) is 0 Å². The number of aromatic nitrogens is 3. The quantitative estimate of drug-likeness (QED) is 0.937. The molecule has 1 heterocycles. The number of halogens is 3. The molecule has 2 rings (SSSR count). The zero-order valence-corrected chi connectivity index (χ0v) is 11.3. The zero-order chi connectivity index (χ0) is 13.8. The van der Waals surface area contributed by atoms with Crippen molar-refractivity contribution in [2.24, 2.45) is 0 Å². The molecule has 0 aliphatic carbocycles. The number of hydrogen-bond donors (Lipinski definition) is 1. The van der Waals surface area contributed by atoms with Gasteiger partial charge >= 0.3 is 6.01 Å². The maximum Gasteiger partial charge on any atom is 0.322 e. The Morgan fingerprint density at radius 2 is 2.05 bits per heavy atom. The lowest BCUT2D eigenvalue weighted by atomic mass is 10.3. The van der Waals surface area contributed by atoms with Crippen LogP contribution in [0.4, 0.5) is 16.0 Å². The molecular weight excluding hydrogens is 294 g/mol. The van der Waals surface area contributed by atoms with Gasteiger partial charge in [0.15, 0.2) is 0 Å². The first-order valence-electron chi connectivity index (χ1n) is 5.35. The van der Waals surface area contributed by atoms with Crippen molar-refractivity contribution in [3.05, 3.63) is 34.3 Å². The zero-order valence-electron chi connectivity index (χ0n) is 9.82. The fourth-order valence-corrected chi connectivity index (χ4v) is 1.62. The lowest BCUT2D eigenvalue weighted by molar-refractivity contribution is 0.312. The van der Waals surface area contributed by atoms with Gasteiger partial charge in [-0.3, -0.25) is 0 Å². The van der Waals surface area contributed by atoms with Crippen LogP contribution in [0.15, 0.2) is 18.2 Å². The molecule has 0 saturated heterocycles. The van der Waals surface area contributed by atoms with E-state index in [1.165, 1.54) is 18.2 Å². The normalized spacial score (nSPS) is 10.3. The lowest BCUT2D eigenvalue weighted by Crippen LogP contribution is -2.04. The number of nitrogens with zero attached hydrogens (tertiary/aromatic N) is 3. The summed E-state index contributed by atoms with van der Waals surface area (Å²) in [5.41, 5.74) is 0.136. The van der Waals surface area contributed by atoms with Gasteiger partial charge in [-0.1, -0.05) is 11.6 Å².